The average Bonchev–Trinajstić information content (AvgIpc) is 2.13. The van der Waals surface area contributed by atoms with Crippen LogP contribution in [0.1, 0.15) is 13.8 Å². The number of rotatable bonds is 1. The Kier molecular flexibility index (Phi) is 2.48. The Balaban J connectivity index is 2.87. The fourth-order valence-electron chi connectivity index (χ4n) is 0.898. The first-order chi connectivity index (χ1) is 5.20. The van der Waals surface area contributed by atoms with Gasteiger partial charge in [0.15, 0.2) is 0 Å². The van der Waals surface area contributed by atoms with E-state index in [1.807, 2.05) is 38.2 Å². The van der Waals surface area contributed by atoms with Gasteiger partial charge in [0.05, 0.1) is 0 Å². The summed E-state index contributed by atoms with van der Waals surface area (Å²) in [5.74, 6) is 0. The Morgan fingerprint density at radius 2 is 2.18 bits per heavy atom. The minimum atomic E-state index is 0.107. The van der Waals surface area contributed by atoms with E-state index in [1.54, 1.807) is 0 Å². The number of hydrogen-bond donors (Lipinski definition) is 1. The summed E-state index contributed by atoms with van der Waals surface area (Å²) in [5, 5.41) is 0. The van der Waals surface area contributed by atoms with E-state index < -0.39 is 0 Å². The van der Waals surface area contributed by atoms with Crippen LogP contribution in [0.25, 0.3) is 0 Å². The summed E-state index contributed by atoms with van der Waals surface area (Å²) in [7, 11) is 0. The molecular weight excluding hydrogens is 134 g/mol. The van der Waals surface area contributed by atoms with E-state index in [-0.39, 0.29) is 6.04 Å². The molecule has 2 N–H and O–H groups in total. The van der Waals surface area contributed by atoms with Crippen molar-refractivity contribution in [3.05, 3.63) is 41.2 Å². The van der Waals surface area contributed by atoms with Crippen molar-refractivity contribution in [1.29, 1.82) is 0 Å². The lowest BCUT2D eigenvalue weighted by molar-refractivity contribution is 0.885. The smallest absolute Gasteiger partial charge is 0.0266 e. The molecule has 1 aliphatic rings. The SMILES string of the molecule is CC1=C=CC=C(C(C)N)C=C1. The summed E-state index contributed by atoms with van der Waals surface area (Å²) in [6.45, 7) is 4.00. The van der Waals surface area contributed by atoms with Gasteiger partial charge in [-0.05, 0) is 37.1 Å². The highest BCUT2D eigenvalue weighted by atomic mass is 14.6. The summed E-state index contributed by atoms with van der Waals surface area (Å²) in [6.07, 6.45) is 7.97. The highest BCUT2D eigenvalue weighted by Gasteiger charge is 1.98. The lowest BCUT2D eigenvalue weighted by atomic mass is 10.1. The number of hydrogen-bond acceptors (Lipinski definition) is 1. The first-order valence-electron chi connectivity index (χ1n) is 3.77. The highest BCUT2D eigenvalue weighted by molar-refractivity contribution is 5.35. The molecule has 0 aromatic rings. The van der Waals surface area contributed by atoms with Crippen molar-refractivity contribution >= 4 is 0 Å². The van der Waals surface area contributed by atoms with E-state index in [2.05, 4.69) is 5.73 Å². The third-order valence-electron chi connectivity index (χ3n) is 1.64. The molecule has 0 bridgehead atoms. The van der Waals surface area contributed by atoms with Crippen molar-refractivity contribution in [3.8, 4) is 0 Å². The van der Waals surface area contributed by atoms with E-state index in [0.717, 1.165) is 11.1 Å². The molecule has 0 fully saturated rings. The lowest BCUT2D eigenvalue weighted by Crippen LogP contribution is -2.16. The van der Waals surface area contributed by atoms with Gasteiger partial charge in [0.25, 0.3) is 0 Å². The van der Waals surface area contributed by atoms with Gasteiger partial charge in [-0.15, -0.1) is 5.73 Å². The normalized spacial score (nSPS) is 18.8. The van der Waals surface area contributed by atoms with Crippen LogP contribution in [-0.4, -0.2) is 6.04 Å². The Morgan fingerprint density at radius 3 is 2.82 bits per heavy atom. The maximum Gasteiger partial charge on any atom is 0.0266 e. The highest BCUT2D eigenvalue weighted by Crippen LogP contribution is 2.07. The van der Waals surface area contributed by atoms with Crippen molar-refractivity contribution in [2.24, 2.45) is 5.73 Å². The molecule has 0 heterocycles. The lowest BCUT2D eigenvalue weighted by Gasteiger charge is -2.03. The summed E-state index contributed by atoms with van der Waals surface area (Å²) >= 11 is 0. The van der Waals surface area contributed by atoms with Gasteiger partial charge in [-0.1, -0.05) is 12.2 Å². The molecule has 0 spiro atoms. The van der Waals surface area contributed by atoms with Crippen LogP contribution in [-0.2, 0) is 0 Å². The van der Waals surface area contributed by atoms with Gasteiger partial charge < -0.3 is 5.73 Å². The van der Waals surface area contributed by atoms with Crippen molar-refractivity contribution in [2.75, 3.05) is 0 Å². The molecule has 0 aliphatic heterocycles. The van der Waals surface area contributed by atoms with Crippen LogP contribution in [0.2, 0.25) is 0 Å². The van der Waals surface area contributed by atoms with Crippen molar-refractivity contribution in [2.45, 2.75) is 19.9 Å². The summed E-state index contributed by atoms with van der Waals surface area (Å²) in [4.78, 5) is 0. The first-order valence-corrected chi connectivity index (χ1v) is 3.77. The second-order valence-electron chi connectivity index (χ2n) is 2.78. The Morgan fingerprint density at radius 1 is 1.45 bits per heavy atom. The molecule has 1 nitrogen and oxygen atoms in total. The van der Waals surface area contributed by atoms with E-state index in [4.69, 9.17) is 5.73 Å². The maximum absolute atomic E-state index is 5.71. The van der Waals surface area contributed by atoms with Gasteiger partial charge in [0.1, 0.15) is 0 Å². The second-order valence-corrected chi connectivity index (χ2v) is 2.78. The summed E-state index contributed by atoms with van der Waals surface area (Å²) in [6, 6.07) is 0.107. The minimum Gasteiger partial charge on any atom is -0.324 e. The van der Waals surface area contributed by atoms with Crippen LogP contribution in [0.3, 0.4) is 0 Å². The van der Waals surface area contributed by atoms with Gasteiger partial charge in [0, 0.05) is 6.04 Å². The van der Waals surface area contributed by atoms with Crippen molar-refractivity contribution in [3.63, 3.8) is 0 Å². The molecule has 11 heavy (non-hydrogen) atoms. The molecule has 1 atom stereocenters. The van der Waals surface area contributed by atoms with Crippen molar-refractivity contribution < 1.29 is 0 Å². The Bertz CT molecular complexity index is 261. The zero-order valence-electron chi connectivity index (χ0n) is 6.96. The van der Waals surface area contributed by atoms with Gasteiger partial charge in [-0.25, -0.2) is 0 Å². The molecule has 0 saturated heterocycles. The van der Waals surface area contributed by atoms with Crippen LogP contribution in [0.15, 0.2) is 41.2 Å². The van der Waals surface area contributed by atoms with Crippen LogP contribution in [0, 0.1) is 0 Å². The number of allylic oxidation sites excluding steroid dienone is 3. The molecule has 1 heteroatoms. The van der Waals surface area contributed by atoms with E-state index in [1.165, 1.54) is 0 Å². The monoisotopic (exact) mass is 147 g/mol. The molecule has 0 aromatic heterocycles. The standard InChI is InChI=1S/C10H13N/c1-8-4-3-5-10(7-6-8)9(2)11/h3,5-7,9H,11H2,1-2H3. The predicted molar refractivity (Wildman–Crippen MR) is 48.1 cm³/mol. The average molecular weight is 147 g/mol. The fourth-order valence-corrected chi connectivity index (χ4v) is 0.898. The van der Waals surface area contributed by atoms with Crippen LogP contribution in [0.5, 0.6) is 0 Å². The molecule has 0 aromatic carbocycles. The maximum atomic E-state index is 5.71. The molecule has 0 saturated carbocycles. The fraction of sp³-hybridized carbons (Fsp3) is 0.300. The predicted octanol–water partition coefficient (Wildman–Crippen LogP) is 1.93. The molecule has 58 valence electrons. The van der Waals surface area contributed by atoms with Crippen molar-refractivity contribution in [1.82, 2.24) is 0 Å². The zero-order chi connectivity index (χ0) is 8.27. The Hall–Kier alpha value is -1.04. The first kappa shape index (κ1) is 8.06. The number of nitrogens with two attached hydrogens (primary N) is 1. The largest absolute Gasteiger partial charge is 0.324 e. The molecule has 1 rings (SSSR count). The second kappa shape index (κ2) is 3.38. The third-order valence-corrected chi connectivity index (χ3v) is 1.64. The van der Waals surface area contributed by atoms with Crippen LogP contribution < -0.4 is 5.73 Å². The van der Waals surface area contributed by atoms with Crippen LogP contribution in [0.4, 0.5) is 0 Å². The quantitative estimate of drug-likeness (QED) is 0.563. The van der Waals surface area contributed by atoms with E-state index >= 15 is 0 Å². The molecule has 1 unspecified atom stereocenters. The molecule has 1 aliphatic carbocycles. The van der Waals surface area contributed by atoms with Crippen LogP contribution >= 0.6 is 0 Å². The van der Waals surface area contributed by atoms with Gasteiger partial charge in [0.2, 0.25) is 0 Å². The Labute approximate surface area is 67.6 Å². The third kappa shape index (κ3) is 2.23. The van der Waals surface area contributed by atoms with Gasteiger partial charge in [-0.3, -0.25) is 0 Å². The molecule has 0 amide bonds. The zero-order valence-corrected chi connectivity index (χ0v) is 6.96. The van der Waals surface area contributed by atoms with E-state index in [9.17, 15) is 0 Å². The molecule has 0 radical (unpaired) electrons. The van der Waals surface area contributed by atoms with E-state index in [0.29, 0.717) is 0 Å². The van der Waals surface area contributed by atoms with Gasteiger partial charge >= 0.3 is 0 Å². The summed E-state index contributed by atoms with van der Waals surface area (Å²) in [5.41, 5.74) is 11.1. The topological polar surface area (TPSA) is 26.0 Å². The summed E-state index contributed by atoms with van der Waals surface area (Å²) < 4.78 is 0. The van der Waals surface area contributed by atoms with Gasteiger partial charge in [-0.2, -0.15) is 0 Å². The minimum absolute atomic E-state index is 0.107. The molecular formula is C10H13N.